The van der Waals surface area contributed by atoms with Gasteiger partial charge in [0.15, 0.2) is 5.69 Å². The average Bonchev–Trinajstić information content (AvgIpc) is 2.58. The van der Waals surface area contributed by atoms with Gasteiger partial charge in [-0.2, -0.15) is 5.26 Å². The summed E-state index contributed by atoms with van der Waals surface area (Å²) >= 11 is 0. The fraction of sp³-hybridized carbons (Fsp3) is 0.500. The SMILES string of the molecule is N#Cc1cnc(N2CCCOCC2)cn1. The van der Waals surface area contributed by atoms with Gasteiger partial charge in [0.2, 0.25) is 0 Å². The summed E-state index contributed by atoms with van der Waals surface area (Å²) in [6.45, 7) is 3.29. The molecule has 1 aliphatic heterocycles. The van der Waals surface area contributed by atoms with Crippen molar-refractivity contribution < 1.29 is 4.74 Å². The van der Waals surface area contributed by atoms with Crippen LogP contribution in [0.2, 0.25) is 0 Å². The van der Waals surface area contributed by atoms with Crippen molar-refractivity contribution in [1.29, 1.82) is 5.26 Å². The van der Waals surface area contributed by atoms with Gasteiger partial charge in [0.1, 0.15) is 11.9 Å². The van der Waals surface area contributed by atoms with Crippen LogP contribution in [0.1, 0.15) is 12.1 Å². The van der Waals surface area contributed by atoms with E-state index < -0.39 is 0 Å². The van der Waals surface area contributed by atoms with Crippen LogP contribution in [0, 0.1) is 11.3 Å². The molecule has 1 aromatic rings. The first-order chi connectivity index (χ1) is 7.40. The molecule has 0 radical (unpaired) electrons. The topological polar surface area (TPSA) is 62.0 Å². The second-order valence-electron chi connectivity index (χ2n) is 3.32. The van der Waals surface area contributed by atoms with Gasteiger partial charge in [0, 0.05) is 19.7 Å². The first-order valence-corrected chi connectivity index (χ1v) is 4.95. The van der Waals surface area contributed by atoms with Crippen LogP contribution in [0.4, 0.5) is 5.82 Å². The molecule has 0 N–H and O–H groups in total. The molecule has 0 aromatic carbocycles. The zero-order valence-electron chi connectivity index (χ0n) is 8.39. The minimum atomic E-state index is 0.352. The molecule has 1 saturated heterocycles. The molecule has 2 rings (SSSR count). The number of hydrogen-bond acceptors (Lipinski definition) is 5. The van der Waals surface area contributed by atoms with Crippen LogP contribution >= 0.6 is 0 Å². The molecule has 78 valence electrons. The molecule has 0 unspecified atom stereocenters. The Kier molecular flexibility index (Phi) is 3.10. The number of hydrogen-bond donors (Lipinski definition) is 0. The lowest BCUT2D eigenvalue weighted by Gasteiger charge is -2.19. The molecule has 1 fully saturated rings. The van der Waals surface area contributed by atoms with E-state index in [2.05, 4.69) is 14.9 Å². The Balaban J connectivity index is 2.10. The molecule has 5 heteroatoms. The number of rotatable bonds is 1. The van der Waals surface area contributed by atoms with Gasteiger partial charge in [-0.15, -0.1) is 0 Å². The number of aromatic nitrogens is 2. The second-order valence-corrected chi connectivity index (χ2v) is 3.32. The molecule has 1 aliphatic rings. The van der Waals surface area contributed by atoms with Crippen molar-refractivity contribution in [3.05, 3.63) is 18.1 Å². The standard InChI is InChI=1S/C10H12N4O/c11-6-9-7-13-10(8-12-9)14-2-1-4-15-5-3-14/h7-8H,1-5H2. The minimum absolute atomic E-state index is 0.352. The minimum Gasteiger partial charge on any atom is -0.380 e. The predicted octanol–water partition coefficient (Wildman–Crippen LogP) is 0.575. The van der Waals surface area contributed by atoms with Gasteiger partial charge in [-0.25, -0.2) is 9.97 Å². The number of nitrogens with zero attached hydrogens (tertiary/aromatic N) is 4. The number of anilines is 1. The molecule has 0 spiro atoms. The molecule has 1 aromatic heterocycles. The molecule has 0 amide bonds. The van der Waals surface area contributed by atoms with Gasteiger partial charge in [-0.05, 0) is 6.42 Å². The highest BCUT2D eigenvalue weighted by molar-refractivity contribution is 5.37. The van der Waals surface area contributed by atoms with Crippen LogP contribution in [0.3, 0.4) is 0 Å². The average molecular weight is 204 g/mol. The van der Waals surface area contributed by atoms with E-state index in [0.29, 0.717) is 5.69 Å². The lowest BCUT2D eigenvalue weighted by Crippen LogP contribution is -2.26. The highest BCUT2D eigenvalue weighted by Gasteiger charge is 2.11. The summed E-state index contributed by atoms with van der Waals surface area (Å²) in [6.07, 6.45) is 4.15. The van der Waals surface area contributed by atoms with Gasteiger partial charge in [-0.3, -0.25) is 0 Å². The highest BCUT2D eigenvalue weighted by atomic mass is 16.5. The molecular weight excluding hydrogens is 192 g/mol. The maximum absolute atomic E-state index is 8.60. The zero-order chi connectivity index (χ0) is 10.5. The Morgan fingerprint density at radius 2 is 2.20 bits per heavy atom. The number of ether oxygens (including phenoxy) is 1. The van der Waals surface area contributed by atoms with Crippen molar-refractivity contribution in [2.24, 2.45) is 0 Å². The first-order valence-electron chi connectivity index (χ1n) is 4.95. The van der Waals surface area contributed by atoms with Crippen LogP contribution in [0.15, 0.2) is 12.4 Å². The normalized spacial score (nSPS) is 16.9. The molecular formula is C10H12N4O. The van der Waals surface area contributed by atoms with E-state index in [1.807, 2.05) is 6.07 Å². The summed E-state index contributed by atoms with van der Waals surface area (Å²) < 4.78 is 5.35. The molecule has 2 heterocycles. The summed E-state index contributed by atoms with van der Waals surface area (Å²) in [5.41, 5.74) is 0.352. The predicted molar refractivity (Wildman–Crippen MR) is 54.4 cm³/mol. The Hall–Kier alpha value is -1.67. The molecule has 5 nitrogen and oxygen atoms in total. The summed E-state index contributed by atoms with van der Waals surface area (Å²) in [5, 5.41) is 8.60. The Morgan fingerprint density at radius 1 is 1.27 bits per heavy atom. The van der Waals surface area contributed by atoms with Crippen LogP contribution in [-0.4, -0.2) is 36.3 Å². The first kappa shape index (κ1) is 9.87. The summed E-state index contributed by atoms with van der Waals surface area (Å²) in [6, 6.07) is 1.95. The monoisotopic (exact) mass is 204 g/mol. The third kappa shape index (κ3) is 2.42. The van der Waals surface area contributed by atoms with Gasteiger partial charge in [0.05, 0.1) is 19.0 Å². The van der Waals surface area contributed by atoms with Crippen molar-refractivity contribution in [3.63, 3.8) is 0 Å². The van der Waals surface area contributed by atoms with E-state index in [1.165, 1.54) is 6.20 Å². The quantitative estimate of drug-likeness (QED) is 0.669. The maximum atomic E-state index is 8.60. The maximum Gasteiger partial charge on any atom is 0.158 e. The summed E-state index contributed by atoms with van der Waals surface area (Å²) in [4.78, 5) is 10.3. The zero-order valence-corrected chi connectivity index (χ0v) is 8.39. The van der Waals surface area contributed by atoms with Crippen molar-refractivity contribution in [1.82, 2.24) is 9.97 Å². The van der Waals surface area contributed by atoms with Crippen molar-refractivity contribution >= 4 is 5.82 Å². The molecule has 0 aliphatic carbocycles. The van der Waals surface area contributed by atoms with E-state index in [4.69, 9.17) is 10.00 Å². The lowest BCUT2D eigenvalue weighted by atomic mass is 10.4. The fourth-order valence-electron chi connectivity index (χ4n) is 1.52. The van der Waals surface area contributed by atoms with E-state index >= 15 is 0 Å². The Bertz CT molecular complexity index is 349. The molecule has 0 saturated carbocycles. The highest BCUT2D eigenvalue weighted by Crippen LogP contribution is 2.11. The third-order valence-electron chi connectivity index (χ3n) is 2.30. The van der Waals surface area contributed by atoms with Gasteiger partial charge < -0.3 is 9.64 Å². The van der Waals surface area contributed by atoms with Crippen molar-refractivity contribution in [2.45, 2.75) is 6.42 Å². The lowest BCUT2D eigenvalue weighted by molar-refractivity contribution is 0.152. The Morgan fingerprint density at radius 3 is 2.93 bits per heavy atom. The van der Waals surface area contributed by atoms with Gasteiger partial charge in [-0.1, -0.05) is 0 Å². The van der Waals surface area contributed by atoms with E-state index in [-0.39, 0.29) is 0 Å². The van der Waals surface area contributed by atoms with Gasteiger partial charge >= 0.3 is 0 Å². The van der Waals surface area contributed by atoms with Crippen molar-refractivity contribution in [2.75, 3.05) is 31.2 Å². The van der Waals surface area contributed by atoms with Crippen LogP contribution in [0.25, 0.3) is 0 Å². The number of nitriles is 1. The summed E-state index contributed by atoms with van der Waals surface area (Å²) in [7, 11) is 0. The second kappa shape index (κ2) is 4.71. The van der Waals surface area contributed by atoms with E-state index in [0.717, 1.165) is 38.5 Å². The smallest absolute Gasteiger partial charge is 0.158 e. The largest absolute Gasteiger partial charge is 0.380 e. The third-order valence-corrected chi connectivity index (χ3v) is 2.30. The van der Waals surface area contributed by atoms with Crippen LogP contribution in [0.5, 0.6) is 0 Å². The van der Waals surface area contributed by atoms with E-state index in [9.17, 15) is 0 Å². The molecule has 15 heavy (non-hydrogen) atoms. The van der Waals surface area contributed by atoms with E-state index in [1.54, 1.807) is 6.20 Å². The molecule has 0 bridgehead atoms. The van der Waals surface area contributed by atoms with Crippen molar-refractivity contribution in [3.8, 4) is 6.07 Å². The van der Waals surface area contributed by atoms with Crippen LogP contribution in [-0.2, 0) is 4.74 Å². The fourth-order valence-corrected chi connectivity index (χ4v) is 1.52. The van der Waals surface area contributed by atoms with Crippen LogP contribution < -0.4 is 4.90 Å². The summed E-state index contributed by atoms with van der Waals surface area (Å²) in [5.74, 6) is 0.819. The van der Waals surface area contributed by atoms with Gasteiger partial charge in [0.25, 0.3) is 0 Å². The molecule has 0 atom stereocenters. The Labute approximate surface area is 88.3 Å².